The molecule has 1 amide bonds. The Labute approximate surface area is 179 Å². The van der Waals surface area contributed by atoms with Gasteiger partial charge in [0.15, 0.2) is 0 Å². The van der Waals surface area contributed by atoms with Gasteiger partial charge in [-0.05, 0) is 30.3 Å². The second-order valence-electron chi connectivity index (χ2n) is 5.74. The molecule has 0 unspecified atom stereocenters. The number of anilines is 1. The molecule has 11 heteroatoms. The van der Waals surface area contributed by atoms with E-state index in [4.69, 9.17) is 32.7 Å². The number of hydrogen-bond acceptors (Lipinski definition) is 6. The fourth-order valence-electron chi connectivity index (χ4n) is 2.35. The molecule has 1 N–H and O–H groups in total. The van der Waals surface area contributed by atoms with E-state index in [0.29, 0.717) is 17.1 Å². The zero-order chi connectivity index (χ0) is 21.6. The van der Waals surface area contributed by atoms with Crippen LogP contribution in [0.15, 0.2) is 41.5 Å². The van der Waals surface area contributed by atoms with Gasteiger partial charge >= 0.3 is 0 Å². The molecular formula is C18H19Cl2N3O5S. The van der Waals surface area contributed by atoms with E-state index in [0.717, 1.165) is 10.6 Å². The molecule has 2 rings (SSSR count). The molecule has 0 aliphatic heterocycles. The van der Waals surface area contributed by atoms with Crippen molar-refractivity contribution in [2.24, 2.45) is 5.10 Å². The third kappa shape index (κ3) is 5.99. The minimum atomic E-state index is -3.81. The maximum atomic E-state index is 12.3. The number of methoxy groups -OCH3 is 2. The summed E-state index contributed by atoms with van der Waals surface area (Å²) in [4.78, 5) is 12.3. The van der Waals surface area contributed by atoms with Gasteiger partial charge in [-0.25, -0.2) is 13.8 Å². The molecule has 0 aromatic heterocycles. The number of sulfonamides is 1. The molecule has 2 aromatic rings. The first kappa shape index (κ1) is 22.8. The van der Waals surface area contributed by atoms with Gasteiger partial charge in [-0.1, -0.05) is 29.3 Å². The predicted molar refractivity (Wildman–Crippen MR) is 114 cm³/mol. The lowest BCUT2D eigenvalue weighted by Crippen LogP contribution is -2.39. The number of nitrogens with one attached hydrogen (secondary N) is 1. The topological polar surface area (TPSA) is 97.3 Å². The van der Waals surface area contributed by atoms with Gasteiger partial charge in [-0.2, -0.15) is 5.10 Å². The van der Waals surface area contributed by atoms with Crippen LogP contribution in [-0.2, 0) is 14.8 Å². The SMILES string of the molecule is COc1ccc(OC)c(/C=N\NC(=O)CN(c2cccc(Cl)c2Cl)S(C)(=O)=O)c1. The quantitative estimate of drug-likeness (QED) is 0.483. The molecule has 0 bridgehead atoms. The van der Waals surface area contributed by atoms with Crippen molar-refractivity contribution in [3.8, 4) is 11.5 Å². The number of halogens is 2. The number of rotatable bonds is 8. The lowest BCUT2D eigenvalue weighted by atomic mass is 10.2. The Kier molecular flexibility index (Phi) is 7.72. The second-order valence-corrected chi connectivity index (χ2v) is 8.44. The Balaban J connectivity index is 2.18. The van der Waals surface area contributed by atoms with Crippen LogP contribution in [-0.4, -0.2) is 47.6 Å². The minimum absolute atomic E-state index is 0.0250. The summed E-state index contributed by atoms with van der Waals surface area (Å²) in [5.41, 5.74) is 2.93. The highest BCUT2D eigenvalue weighted by molar-refractivity contribution is 7.92. The summed E-state index contributed by atoms with van der Waals surface area (Å²) in [6, 6.07) is 9.57. The van der Waals surface area contributed by atoms with Gasteiger partial charge < -0.3 is 9.47 Å². The molecule has 2 aromatic carbocycles. The number of carbonyl (C=O) groups is 1. The highest BCUT2D eigenvalue weighted by Gasteiger charge is 2.23. The summed E-state index contributed by atoms with van der Waals surface area (Å²) < 4.78 is 35.5. The number of hydrogen-bond donors (Lipinski definition) is 1. The van der Waals surface area contributed by atoms with Crippen molar-refractivity contribution in [1.29, 1.82) is 0 Å². The fourth-order valence-corrected chi connectivity index (χ4v) is 3.65. The summed E-state index contributed by atoms with van der Waals surface area (Å²) >= 11 is 12.0. The van der Waals surface area contributed by atoms with Gasteiger partial charge in [-0.3, -0.25) is 9.10 Å². The predicted octanol–water partition coefficient (Wildman–Crippen LogP) is 2.93. The fraction of sp³-hybridized carbons (Fsp3) is 0.222. The van der Waals surface area contributed by atoms with Crippen molar-refractivity contribution >= 4 is 51.0 Å². The number of carbonyl (C=O) groups excluding carboxylic acids is 1. The summed E-state index contributed by atoms with van der Waals surface area (Å²) in [7, 11) is -0.793. The van der Waals surface area contributed by atoms with Gasteiger partial charge in [0, 0.05) is 5.56 Å². The summed E-state index contributed by atoms with van der Waals surface area (Å²) in [6.45, 7) is -0.536. The second kappa shape index (κ2) is 9.82. The van der Waals surface area contributed by atoms with Crippen molar-refractivity contribution in [3.63, 3.8) is 0 Å². The maximum Gasteiger partial charge on any atom is 0.260 e. The number of ether oxygens (including phenoxy) is 2. The highest BCUT2D eigenvalue weighted by Crippen LogP contribution is 2.33. The zero-order valence-corrected chi connectivity index (χ0v) is 18.2. The Morgan fingerprint density at radius 3 is 2.55 bits per heavy atom. The number of nitrogens with zero attached hydrogens (tertiary/aromatic N) is 2. The van der Waals surface area contributed by atoms with E-state index >= 15 is 0 Å². The van der Waals surface area contributed by atoms with Crippen LogP contribution in [0.2, 0.25) is 10.0 Å². The third-order valence-electron chi connectivity index (χ3n) is 3.72. The first-order chi connectivity index (χ1) is 13.7. The van der Waals surface area contributed by atoms with Crippen LogP contribution in [0, 0.1) is 0 Å². The highest BCUT2D eigenvalue weighted by atomic mass is 35.5. The third-order valence-corrected chi connectivity index (χ3v) is 5.65. The first-order valence-electron chi connectivity index (χ1n) is 8.13. The van der Waals surface area contributed by atoms with Crippen LogP contribution < -0.4 is 19.2 Å². The molecule has 0 atom stereocenters. The average Bonchev–Trinajstić information content (AvgIpc) is 2.67. The summed E-state index contributed by atoms with van der Waals surface area (Å²) in [6.07, 6.45) is 2.32. The standard InChI is InChI=1S/C18H19Cl2N3O5S/c1-27-13-7-8-16(28-2)12(9-13)10-21-22-17(24)11-23(29(3,25)26)15-6-4-5-14(19)18(15)20/h4-10H,11H2,1-3H3,(H,22,24)/b21-10-. The Bertz CT molecular complexity index is 1030. The Morgan fingerprint density at radius 1 is 1.21 bits per heavy atom. The molecule has 0 saturated heterocycles. The van der Waals surface area contributed by atoms with Gasteiger partial charge in [0.2, 0.25) is 10.0 Å². The molecule has 0 aliphatic rings. The van der Waals surface area contributed by atoms with Gasteiger partial charge in [0.25, 0.3) is 5.91 Å². The van der Waals surface area contributed by atoms with Crippen molar-refractivity contribution in [1.82, 2.24) is 5.43 Å². The van der Waals surface area contributed by atoms with Gasteiger partial charge in [0.05, 0.1) is 42.4 Å². The normalized spacial score (nSPS) is 11.3. The molecule has 0 spiro atoms. The zero-order valence-electron chi connectivity index (χ0n) is 15.8. The van der Waals surface area contributed by atoms with Crippen molar-refractivity contribution in [2.45, 2.75) is 0 Å². The van der Waals surface area contributed by atoms with Gasteiger partial charge in [-0.15, -0.1) is 0 Å². The summed E-state index contributed by atoms with van der Waals surface area (Å²) in [5, 5.41) is 4.05. The van der Waals surface area contributed by atoms with Crippen LogP contribution in [0.4, 0.5) is 5.69 Å². The molecule has 0 saturated carbocycles. The van der Waals surface area contributed by atoms with E-state index in [2.05, 4.69) is 10.5 Å². The lowest BCUT2D eigenvalue weighted by molar-refractivity contribution is -0.119. The van der Waals surface area contributed by atoms with E-state index in [-0.39, 0.29) is 15.7 Å². The number of amides is 1. The van der Waals surface area contributed by atoms with Crippen molar-refractivity contribution < 1.29 is 22.7 Å². The van der Waals surface area contributed by atoms with Crippen molar-refractivity contribution in [2.75, 3.05) is 31.3 Å². The van der Waals surface area contributed by atoms with Crippen LogP contribution in [0.3, 0.4) is 0 Å². The van der Waals surface area contributed by atoms with E-state index in [1.165, 1.54) is 38.6 Å². The van der Waals surface area contributed by atoms with Crippen LogP contribution in [0.5, 0.6) is 11.5 Å². The molecule has 29 heavy (non-hydrogen) atoms. The van der Waals surface area contributed by atoms with E-state index in [1.807, 2.05) is 0 Å². The van der Waals surface area contributed by atoms with E-state index in [1.54, 1.807) is 18.2 Å². The minimum Gasteiger partial charge on any atom is -0.497 e. The first-order valence-corrected chi connectivity index (χ1v) is 10.7. The smallest absolute Gasteiger partial charge is 0.260 e. The average molecular weight is 460 g/mol. The molecular weight excluding hydrogens is 441 g/mol. The molecule has 0 fully saturated rings. The summed E-state index contributed by atoms with van der Waals surface area (Å²) in [5.74, 6) is 0.425. The number of benzene rings is 2. The molecule has 0 aliphatic carbocycles. The largest absolute Gasteiger partial charge is 0.497 e. The molecule has 0 heterocycles. The number of hydrazone groups is 1. The molecule has 0 radical (unpaired) electrons. The molecule has 156 valence electrons. The monoisotopic (exact) mass is 459 g/mol. The Morgan fingerprint density at radius 2 is 1.93 bits per heavy atom. The van der Waals surface area contributed by atoms with Gasteiger partial charge in [0.1, 0.15) is 18.0 Å². The maximum absolute atomic E-state index is 12.3. The van der Waals surface area contributed by atoms with Crippen molar-refractivity contribution in [3.05, 3.63) is 52.0 Å². The van der Waals surface area contributed by atoms with Crippen LogP contribution >= 0.6 is 23.2 Å². The van der Waals surface area contributed by atoms with Crippen LogP contribution in [0.25, 0.3) is 0 Å². The van der Waals surface area contributed by atoms with E-state index in [9.17, 15) is 13.2 Å². The Hall–Kier alpha value is -2.49. The lowest BCUT2D eigenvalue weighted by Gasteiger charge is -2.22. The molecule has 8 nitrogen and oxygen atoms in total. The van der Waals surface area contributed by atoms with E-state index < -0.39 is 22.5 Å². The van der Waals surface area contributed by atoms with Crippen LogP contribution in [0.1, 0.15) is 5.56 Å².